The van der Waals surface area contributed by atoms with E-state index in [1.165, 1.54) is 55.1 Å². The molecule has 0 spiro atoms. The molecule has 188 valence electrons. The molecule has 0 heterocycles. The van der Waals surface area contributed by atoms with Gasteiger partial charge in [-0.15, -0.1) is 0 Å². The van der Waals surface area contributed by atoms with Crippen LogP contribution in [0.25, 0.3) is 0 Å². The van der Waals surface area contributed by atoms with Crippen LogP contribution in [0.4, 0.5) is 15.8 Å². The number of sulfonamides is 1. The van der Waals surface area contributed by atoms with E-state index in [1.807, 2.05) is 0 Å². The second-order valence-electron chi connectivity index (χ2n) is 8.09. The van der Waals surface area contributed by atoms with Gasteiger partial charge in [0.15, 0.2) is 0 Å². The Morgan fingerprint density at radius 1 is 0.972 bits per heavy atom. The summed E-state index contributed by atoms with van der Waals surface area (Å²) in [5.74, 6) is -2.02. The monoisotopic (exact) mass is 512 g/mol. The number of primary sulfonamides is 1. The lowest BCUT2D eigenvalue weighted by Gasteiger charge is -2.23. The number of carbonyl (C=O) groups is 3. The van der Waals surface area contributed by atoms with Gasteiger partial charge in [-0.25, -0.2) is 17.9 Å². The maximum Gasteiger partial charge on any atom is 0.254 e. The summed E-state index contributed by atoms with van der Waals surface area (Å²) >= 11 is 0. The topological polar surface area (TPSA) is 139 Å². The molecular formula is C25H25FN4O5S. The van der Waals surface area contributed by atoms with Gasteiger partial charge >= 0.3 is 0 Å². The summed E-state index contributed by atoms with van der Waals surface area (Å²) in [5.41, 5.74) is 1.62. The van der Waals surface area contributed by atoms with Gasteiger partial charge < -0.3 is 15.5 Å². The maximum absolute atomic E-state index is 14.0. The number of halogens is 1. The highest BCUT2D eigenvalue weighted by Gasteiger charge is 2.22. The number of carbonyl (C=O) groups excluding carboxylic acids is 3. The number of benzene rings is 3. The minimum absolute atomic E-state index is 0.0138. The van der Waals surface area contributed by atoms with Crippen molar-refractivity contribution in [3.05, 3.63) is 89.2 Å². The smallest absolute Gasteiger partial charge is 0.254 e. The van der Waals surface area contributed by atoms with Crippen LogP contribution >= 0.6 is 0 Å². The molecule has 0 aliphatic carbocycles. The molecular weight excluding hydrogens is 487 g/mol. The molecule has 0 radical (unpaired) electrons. The Kier molecular flexibility index (Phi) is 8.18. The third-order valence-electron chi connectivity index (χ3n) is 5.15. The summed E-state index contributed by atoms with van der Waals surface area (Å²) < 4.78 is 37.4. The minimum atomic E-state index is -3.97. The van der Waals surface area contributed by atoms with E-state index < -0.39 is 34.2 Å². The van der Waals surface area contributed by atoms with Crippen molar-refractivity contribution in [2.75, 3.05) is 17.2 Å². The van der Waals surface area contributed by atoms with E-state index in [0.717, 1.165) is 0 Å². The van der Waals surface area contributed by atoms with Crippen molar-refractivity contribution in [2.24, 2.45) is 5.14 Å². The molecule has 0 unspecified atom stereocenters. The van der Waals surface area contributed by atoms with Crippen LogP contribution in [0.5, 0.6) is 0 Å². The van der Waals surface area contributed by atoms with Crippen LogP contribution in [0.2, 0.25) is 0 Å². The van der Waals surface area contributed by atoms with E-state index in [4.69, 9.17) is 5.14 Å². The summed E-state index contributed by atoms with van der Waals surface area (Å²) in [6, 6.07) is 16.3. The van der Waals surface area contributed by atoms with Crippen LogP contribution in [0.3, 0.4) is 0 Å². The summed E-state index contributed by atoms with van der Waals surface area (Å²) in [6.45, 7) is 2.49. The van der Waals surface area contributed by atoms with E-state index in [-0.39, 0.29) is 34.2 Å². The lowest BCUT2D eigenvalue weighted by atomic mass is 10.1. The molecule has 4 N–H and O–H groups in total. The molecule has 3 aromatic rings. The van der Waals surface area contributed by atoms with E-state index in [1.54, 1.807) is 30.3 Å². The number of aryl methyl sites for hydroxylation is 1. The third kappa shape index (κ3) is 6.96. The molecule has 0 atom stereocenters. The van der Waals surface area contributed by atoms with Gasteiger partial charge in [-0.3, -0.25) is 14.4 Å². The largest absolute Gasteiger partial charge is 0.326 e. The molecule has 3 aromatic carbocycles. The van der Waals surface area contributed by atoms with Crippen LogP contribution in [0, 0.1) is 12.7 Å². The molecule has 0 fully saturated rings. The molecule has 36 heavy (non-hydrogen) atoms. The van der Waals surface area contributed by atoms with Crippen molar-refractivity contribution in [1.82, 2.24) is 4.90 Å². The lowest BCUT2D eigenvalue weighted by molar-refractivity contribution is -0.117. The van der Waals surface area contributed by atoms with Crippen LogP contribution in [-0.4, -0.2) is 37.6 Å². The SMILES string of the molecule is CC(=O)Nc1ccc(CN(CC(=O)Nc2ccccc2F)C(=O)c2ccc(S(N)(=O)=O)c(C)c2)cc1. The number of nitrogens with two attached hydrogens (primary N) is 1. The first-order valence-electron chi connectivity index (χ1n) is 10.8. The fraction of sp³-hybridized carbons (Fsp3) is 0.160. The van der Waals surface area contributed by atoms with Gasteiger partial charge in [0.05, 0.1) is 10.6 Å². The number of amides is 3. The number of hydrogen-bond acceptors (Lipinski definition) is 5. The lowest BCUT2D eigenvalue weighted by Crippen LogP contribution is -2.37. The van der Waals surface area contributed by atoms with Crippen LogP contribution in [-0.2, 0) is 26.2 Å². The third-order valence-corrected chi connectivity index (χ3v) is 6.22. The van der Waals surface area contributed by atoms with Crippen LogP contribution in [0.15, 0.2) is 71.6 Å². The standard InChI is InChI=1S/C25H25FN4O5S/c1-16-13-19(9-12-23(16)36(27,34)35)25(33)30(14-18-7-10-20(11-8-18)28-17(2)31)15-24(32)29-22-6-4-3-5-21(22)26/h3-13H,14-15H2,1-2H3,(H,28,31)(H,29,32)(H2,27,34,35). The molecule has 9 nitrogen and oxygen atoms in total. The van der Waals surface area contributed by atoms with Gasteiger partial charge in [0.2, 0.25) is 21.8 Å². The predicted molar refractivity (Wildman–Crippen MR) is 133 cm³/mol. The fourth-order valence-electron chi connectivity index (χ4n) is 3.53. The Hall–Kier alpha value is -4.09. The van der Waals surface area contributed by atoms with E-state index in [0.29, 0.717) is 11.3 Å². The first kappa shape index (κ1) is 26.5. The molecule has 3 rings (SSSR count). The second kappa shape index (κ2) is 11.1. The molecule has 11 heteroatoms. The number of hydrogen-bond donors (Lipinski definition) is 3. The van der Waals surface area contributed by atoms with Crippen molar-refractivity contribution in [3.8, 4) is 0 Å². The Balaban J connectivity index is 1.88. The highest BCUT2D eigenvalue weighted by atomic mass is 32.2. The zero-order valence-corrected chi connectivity index (χ0v) is 20.4. The summed E-state index contributed by atoms with van der Waals surface area (Å²) in [7, 11) is -3.97. The number of nitrogens with zero attached hydrogens (tertiary/aromatic N) is 1. The van der Waals surface area contributed by atoms with Crippen molar-refractivity contribution in [2.45, 2.75) is 25.3 Å². The molecule has 0 aliphatic heterocycles. The second-order valence-corrected chi connectivity index (χ2v) is 9.62. The van der Waals surface area contributed by atoms with Crippen molar-refractivity contribution < 1.29 is 27.2 Å². The van der Waals surface area contributed by atoms with Crippen molar-refractivity contribution in [1.29, 1.82) is 0 Å². The van der Waals surface area contributed by atoms with Gasteiger partial charge in [-0.1, -0.05) is 24.3 Å². The molecule has 0 aliphatic rings. The zero-order chi connectivity index (χ0) is 26.5. The number of nitrogens with one attached hydrogen (secondary N) is 2. The average molecular weight is 513 g/mol. The Morgan fingerprint density at radius 2 is 1.64 bits per heavy atom. The molecule has 0 saturated carbocycles. The number of para-hydroxylation sites is 1. The quantitative estimate of drug-likeness (QED) is 0.426. The normalized spacial score (nSPS) is 11.0. The Labute approximate surface area is 208 Å². The Bertz CT molecular complexity index is 1410. The number of rotatable bonds is 8. The van der Waals surface area contributed by atoms with Crippen LogP contribution < -0.4 is 15.8 Å². The summed E-state index contributed by atoms with van der Waals surface area (Å²) in [5, 5.41) is 10.3. The molecule has 0 aromatic heterocycles. The van der Waals surface area contributed by atoms with Crippen LogP contribution in [0.1, 0.15) is 28.4 Å². The van der Waals surface area contributed by atoms with Gasteiger partial charge in [0.25, 0.3) is 5.91 Å². The van der Waals surface area contributed by atoms with E-state index in [2.05, 4.69) is 10.6 Å². The molecule has 3 amide bonds. The highest BCUT2D eigenvalue weighted by Crippen LogP contribution is 2.19. The van der Waals surface area contributed by atoms with E-state index in [9.17, 15) is 27.2 Å². The maximum atomic E-state index is 14.0. The van der Waals surface area contributed by atoms with Crippen molar-refractivity contribution in [3.63, 3.8) is 0 Å². The van der Waals surface area contributed by atoms with Gasteiger partial charge in [-0.05, 0) is 60.5 Å². The minimum Gasteiger partial charge on any atom is -0.326 e. The molecule has 0 bridgehead atoms. The zero-order valence-electron chi connectivity index (χ0n) is 19.6. The highest BCUT2D eigenvalue weighted by molar-refractivity contribution is 7.89. The van der Waals surface area contributed by atoms with Gasteiger partial charge in [0.1, 0.15) is 12.4 Å². The summed E-state index contributed by atoms with van der Waals surface area (Å²) in [4.78, 5) is 38.5. The fourth-order valence-corrected chi connectivity index (χ4v) is 4.29. The Morgan fingerprint density at radius 3 is 2.22 bits per heavy atom. The molecule has 0 saturated heterocycles. The first-order chi connectivity index (χ1) is 16.9. The van der Waals surface area contributed by atoms with E-state index >= 15 is 0 Å². The average Bonchev–Trinajstić information content (AvgIpc) is 2.79. The van der Waals surface area contributed by atoms with Gasteiger partial charge in [-0.2, -0.15) is 0 Å². The first-order valence-corrected chi connectivity index (χ1v) is 12.3. The van der Waals surface area contributed by atoms with Crippen molar-refractivity contribution >= 4 is 39.1 Å². The number of anilines is 2. The van der Waals surface area contributed by atoms with Gasteiger partial charge in [0, 0.05) is 24.7 Å². The predicted octanol–water partition coefficient (Wildman–Crippen LogP) is 3.02. The summed E-state index contributed by atoms with van der Waals surface area (Å²) in [6.07, 6.45) is 0.